The van der Waals surface area contributed by atoms with E-state index in [-0.39, 0.29) is 30.7 Å². The molecule has 140 valence electrons. The summed E-state index contributed by atoms with van der Waals surface area (Å²) in [5.41, 5.74) is 0.270. The molecule has 1 unspecified atom stereocenters. The Hall–Kier alpha value is -2.22. The lowest BCUT2D eigenvalue weighted by Crippen LogP contribution is -2.44. The van der Waals surface area contributed by atoms with Gasteiger partial charge in [-0.25, -0.2) is 9.78 Å². The zero-order valence-corrected chi connectivity index (χ0v) is 16.1. The number of esters is 1. The maximum Gasteiger partial charge on any atom is 0.348 e. The fourth-order valence-electron chi connectivity index (χ4n) is 3.37. The minimum absolute atomic E-state index is 0.0316. The summed E-state index contributed by atoms with van der Waals surface area (Å²) in [6.45, 7) is 6.46. The summed E-state index contributed by atoms with van der Waals surface area (Å²) in [5.74, 6) is -0.517. The fourth-order valence-corrected chi connectivity index (χ4v) is 4.40. The van der Waals surface area contributed by atoms with Crippen LogP contribution in [0.4, 0.5) is 0 Å². The second-order valence-corrected chi connectivity index (χ2v) is 7.57. The summed E-state index contributed by atoms with van der Waals surface area (Å²) in [4.78, 5) is 44.5. The Morgan fingerprint density at radius 3 is 2.85 bits per heavy atom. The Balaban J connectivity index is 1.92. The molecule has 7 nitrogen and oxygen atoms in total. The molecule has 0 aromatic carbocycles. The van der Waals surface area contributed by atoms with E-state index in [0.717, 1.165) is 37.1 Å². The monoisotopic (exact) mass is 377 g/mol. The van der Waals surface area contributed by atoms with Crippen LogP contribution in [-0.2, 0) is 16.1 Å². The van der Waals surface area contributed by atoms with Gasteiger partial charge in [0.05, 0.1) is 18.3 Å². The topological polar surface area (TPSA) is 81.5 Å². The predicted molar refractivity (Wildman–Crippen MR) is 99.6 cm³/mol. The van der Waals surface area contributed by atoms with Gasteiger partial charge in [-0.3, -0.25) is 14.2 Å². The number of carbonyl (C=O) groups excluding carboxylic acids is 2. The second-order valence-electron chi connectivity index (χ2n) is 6.57. The number of fused-ring (bicyclic) bond motifs is 1. The van der Waals surface area contributed by atoms with Gasteiger partial charge in [0, 0.05) is 12.6 Å². The molecule has 1 fully saturated rings. The van der Waals surface area contributed by atoms with Crippen molar-refractivity contribution >= 4 is 33.4 Å². The third kappa shape index (κ3) is 3.38. The molecule has 1 aliphatic heterocycles. The smallest absolute Gasteiger partial charge is 0.348 e. The van der Waals surface area contributed by atoms with Crippen molar-refractivity contribution in [1.29, 1.82) is 0 Å². The van der Waals surface area contributed by atoms with Gasteiger partial charge in [0.1, 0.15) is 16.3 Å². The SMILES string of the molecule is CCOC(=O)c1sc2ncn(CC(=O)N3CCCCC3C)c(=O)c2c1C. The molecule has 0 saturated carbocycles. The van der Waals surface area contributed by atoms with E-state index in [9.17, 15) is 14.4 Å². The molecule has 1 aliphatic rings. The number of aromatic nitrogens is 2. The van der Waals surface area contributed by atoms with E-state index in [2.05, 4.69) is 4.98 Å². The highest BCUT2D eigenvalue weighted by Gasteiger charge is 2.25. The summed E-state index contributed by atoms with van der Waals surface area (Å²) in [5, 5.41) is 0.389. The minimum atomic E-state index is -0.447. The van der Waals surface area contributed by atoms with E-state index in [0.29, 0.717) is 20.7 Å². The lowest BCUT2D eigenvalue weighted by molar-refractivity contribution is -0.135. The van der Waals surface area contributed by atoms with E-state index in [4.69, 9.17) is 4.74 Å². The number of aryl methyl sites for hydroxylation is 1. The number of thiophene rings is 1. The molecule has 3 rings (SSSR count). The number of nitrogens with zero attached hydrogens (tertiary/aromatic N) is 3. The standard InChI is InChI=1S/C18H23N3O4S/c1-4-25-18(24)15-12(3)14-16(26-15)19-10-20(17(14)23)9-13(22)21-8-6-5-7-11(21)2/h10-11H,4-9H2,1-3H3. The van der Waals surface area contributed by atoms with Gasteiger partial charge in [0.25, 0.3) is 5.56 Å². The van der Waals surface area contributed by atoms with Crippen LogP contribution in [0.5, 0.6) is 0 Å². The van der Waals surface area contributed by atoms with Crippen molar-refractivity contribution in [1.82, 2.24) is 14.5 Å². The molecule has 0 N–H and O–H groups in total. The summed E-state index contributed by atoms with van der Waals surface area (Å²) in [7, 11) is 0. The third-order valence-corrected chi connectivity index (χ3v) is 5.99. The Kier molecular flexibility index (Phi) is 5.41. The van der Waals surface area contributed by atoms with Crippen LogP contribution in [0.25, 0.3) is 10.2 Å². The molecular weight excluding hydrogens is 354 g/mol. The summed E-state index contributed by atoms with van der Waals surface area (Å²) < 4.78 is 6.37. The van der Waals surface area contributed by atoms with Crippen LogP contribution in [0, 0.1) is 6.92 Å². The molecular formula is C18H23N3O4S. The Bertz CT molecular complexity index is 902. The number of likely N-dealkylation sites (tertiary alicyclic amines) is 1. The molecule has 0 radical (unpaired) electrons. The normalized spacial score (nSPS) is 17.5. The first-order chi connectivity index (χ1) is 12.4. The molecule has 8 heteroatoms. The quantitative estimate of drug-likeness (QED) is 0.764. The van der Waals surface area contributed by atoms with Crippen molar-refractivity contribution in [2.45, 2.75) is 52.6 Å². The van der Waals surface area contributed by atoms with Crippen LogP contribution >= 0.6 is 11.3 Å². The number of amides is 1. The average molecular weight is 377 g/mol. The summed E-state index contributed by atoms with van der Waals surface area (Å²) in [6, 6.07) is 0.196. The maximum absolute atomic E-state index is 12.8. The van der Waals surface area contributed by atoms with E-state index in [1.54, 1.807) is 13.8 Å². The number of ether oxygens (including phenoxy) is 1. The van der Waals surface area contributed by atoms with Gasteiger partial charge in [0.15, 0.2) is 0 Å². The zero-order chi connectivity index (χ0) is 18.8. The lowest BCUT2D eigenvalue weighted by atomic mass is 10.0. The molecule has 0 bridgehead atoms. The van der Waals surface area contributed by atoms with E-state index in [1.807, 2.05) is 11.8 Å². The molecule has 26 heavy (non-hydrogen) atoms. The highest BCUT2D eigenvalue weighted by Crippen LogP contribution is 2.27. The fraction of sp³-hybridized carbons (Fsp3) is 0.556. The van der Waals surface area contributed by atoms with Gasteiger partial charge in [0.2, 0.25) is 5.91 Å². The Morgan fingerprint density at radius 2 is 2.15 bits per heavy atom. The van der Waals surface area contributed by atoms with Crippen LogP contribution in [0.1, 0.15) is 48.3 Å². The predicted octanol–water partition coefficient (Wildman–Crippen LogP) is 2.34. The highest BCUT2D eigenvalue weighted by atomic mass is 32.1. The van der Waals surface area contributed by atoms with E-state index >= 15 is 0 Å². The first-order valence-corrected chi connectivity index (χ1v) is 9.70. The van der Waals surface area contributed by atoms with Crippen LogP contribution in [-0.4, -0.2) is 45.5 Å². The number of piperidine rings is 1. The van der Waals surface area contributed by atoms with Gasteiger partial charge >= 0.3 is 5.97 Å². The van der Waals surface area contributed by atoms with Gasteiger partial charge in [-0.1, -0.05) is 0 Å². The maximum atomic E-state index is 12.8. The molecule has 1 atom stereocenters. The van der Waals surface area contributed by atoms with Crippen molar-refractivity contribution in [2.75, 3.05) is 13.2 Å². The first kappa shape index (κ1) is 18.6. The van der Waals surface area contributed by atoms with Crippen LogP contribution in [0.2, 0.25) is 0 Å². The molecule has 2 aromatic rings. The zero-order valence-electron chi connectivity index (χ0n) is 15.3. The molecule has 0 spiro atoms. The Labute approximate surface area is 155 Å². The van der Waals surface area contributed by atoms with Gasteiger partial charge in [-0.2, -0.15) is 0 Å². The van der Waals surface area contributed by atoms with Gasteiger partial charge < -0.3 is 9.64 Å². The first-order valence-electron chi connectivity index (χ1n) is 8.89. The van der Waals surface area contributed by atoms with Crippen molar-refractivity contribution in [3.05, 3.63) is 27.1 Å². The molecule has 3 heterocycles. The highest BCUT2D eigenvalue weighted by molar-refractivity contribution is 7.20. The number of hydrogen-bond donors (Lipinski definition) is 0. The molecule has 1 saturated heterocycles. The van der Waals surface area contributed by atoms with E-state index < -0.39 is 5.97 Å². The Morgan fingerprint density at radius 1 is 1.38 bits per heavy atom. The second kappa shape index (κ2) is 7.57. The molecule has 2 aromatic heterocycles. The molecule has 1 amide bonds. The van der Waals surface area contributed by atoms with Crippen molar-refractivity contribution in [3.8, 4) is 0 Å². The molecule has 0 aliphatic carbocycles. The van der Waals surface area contributed by atoms with Crippen molar-refractivity contribution in [2.24, 2.45) is 0 Å². The lowest BCUT2D eigenvalue weighted by Gasteiger charge is -2.33. The van der Waals surface area contributed by atoms with E-state index in [1.165, 1.54) is 10.9 Å². The van der Waals surface area contributed by atoms with Crippen LogP contribution in [0.15, 0.2) is 11.1 Å². The number of rotatable bonds is 4. The number of carbonyl (C=O) groups is 2. The third-order valence-electron chi connectivity index (χ3n) is 4.81. The summed E-state index contributed by atoms with van der Waals surface area (Å²) in [6.07, 6.45) is 4.50. The van der Waals surface area contributed by atoms with Gasteiger partial charge in [-0.15, -0.1) is 11.3 Å². The summed E-state index contributed by atoms with van der Waals surface area (Å²) >= 11 is 1.15. The largest absolute Gasteiger partial charge is 0.462 e. The number of hydrogen-bond acceptors (Lipinski definition) is 6. The average Bonchev–Trinajstić information content (AvgIpc) is 2.95. The van der Waals surface area contributed by atoms with Crippen molar-refractivity contribution in [3.63, 3.8) is 0 Å². The van der Waals surface area contributed by atoms with Crippen molar-refractivity contribution < 1.29 is 14.3 Å². The minimum Gasteiger partial charge on any atom is -0.462 e. The van der Waals surface area contributed by atoms with Crippen LogP contribution in [0.3, 0.4) is 0 Å². The van der Waals surface area contributed by atoms with Gasteiger partial charge in [-0.05, 0) is 45.6 Å². The van der Waals surface area contributed by atoms with Crippen LogP contribution < -0.4 is 5.56 Å².